The van der Waals surface area contributed by atoms with E-state index in [1.807, 2.05) is 44.2 Å². The number of nitrogens with zero attached hydrogens (tertiary/aromatic N) is 1. The molecule has 0 bridgehead atoms. The highest BCUT2D eigenvalue weighted by Crippen LogP contribution is 2.28. The summed E-state index contributed by atoms with van der Waals surface area (Å²) in [4.78, 5) is 26.9. The van der Waals surface area contributed by atoms with Crippen LogP contribution < -0.4 is 10.1 Å². The molecule has 2 amide bonds. The van der Waals surface area contributed by atoms with Gasteiger partial charge in [0.1, 0.15) is 11.8 Å². The van der Waals surface area contributed by atoms with E-state index in [4.69, 9.17) is 16.3 Å². The number of amides is 2. The first-order chi connectivity index (χ1) is 13.3. The van der Waals surface area contributed by atoms with Crippen LogP contribution in [-0.2, 0) is 16.1 Å². The highest BCUT2D eigenvalue weighted by Gasteiger charge is 2.27. The van der Waals surface area contributed by atoms with Gasteiger partial charge < -0.3 is 15.0 Å². The molecule has 1 atom stereocenters. The Kier molecular flexibility index (Phi) is 8.33. The molecule has 0 aliphatic carbocycles. The van der Waals surface area contributed by atoms with Gasteiger partial charge in [0.25, 0.3) is 5.91 Å². The summed E-state index contributed by atoms with van der Waals surface area (Å²) in [7, 11) is 0. The molecule has 2 aromatic carbocycles. The van der Waals surface area contributed by atoms with Crippen molar-refractivity contribution in [3.8, 4) is 5.75 Å². The van der Waals surface area contributed by atoms with Crippen LogP contribution in [0.3, 0.4) is 0 Å². The highest BCUT2D eigenvalue weighted by molar-refractivity contribution is 9.10. The van der Waals surface area contributed by atoms with E-state index in [9.17, 15) is 9.59 Å². The Labute approximate surface area is 179 Å². The van der Waals surface area contributed by atoms with Crippen LogP contribution in [0.1, 0.15) is 26.3 Å². The monoisotopic (exact) mass is 466 g/mol. The standard InChI is InChI=1S/C21H24BrClN2O3/c1-14(2)24-21(27)15(3)25(12-16-7-5-4-6-8-16)20(26)13-28-19-10-9-17(23)11-18(19)22/h4-11,14-15H,12-13H2,1-3H3,(H,24,27). The number of carbonyl (C=O) groups excluding carboxylic acids is 2. The van der Waals surface area contributed by atoms with Crippen molar-refractivity contribution >= 4 is 39.3 Å². The summed E-state index contributed by atoms with van der Waals surface area (Å²) in [5.74, 6) is 0.0285. The molecule has 0 aromatic heterocycles. The molecule has 1 N–H and O–H groups in total. The summed E-state index contributed by atoms with van der Waals surface area (Å²) in [6, 6.07) is 14.0. The Hall–Kier alpha value is -2.05. The van der Waals surface area contributed by atoms with Crippen molar-refractivity contribution in [2.45, 2.75) is 39.4 Å². The van der Waals surface area contributed by atoms with E-state index in [2.05, 4.69) is 21.2 Å². The van der Waals surface area contributed by atoms with Gasteiger partial charge in [-0.2, -0.15) is 0 Å². The predicted molar refractivity (Wildman–Crippen MR) is 114 cm³/mol. The Morgan fingerprint density at radius 1 is 1.14 bits per heavy atom. The van der Waals surface area contributed by atoms with Crippen LogP contribution in [0.2, 0.25) is 5.02 Å². The minimum Gasteiger partial charge on any atom is -0.483 e. The lowest BCUT2D eigenvalue weighted by Crippen LogP contribution is -2.50. The van der Waals surface area contributed by atoms with Crippen LogP contribution in [0.4, 0.5) is 0 Å². The minimum atomic E-state index is -0.632. The topological polar surface area (TPSA) is 58.6 Å². The number of hydrogen-bond donors (Lipinski definition) is 1. The zero-order chi connectivity index (χ0) is 20.7. The Balaban J connectivity index is 2.14. The number of rotatable bonds is 8. The average molecular weight is 468 g/mol. The van der Waals surface area contributed by atoms with Crippen molar-refractivity contribution in [3.05, 3.63) is 63.6 Å². The van der Waals surface area contributed by atoms with E-state index < -0.39 is 6.04 Å². The Bertz CT molecular complexity index is 815. The molecule has 7 heteroatoms. The van der Waals surface area contributed by atoms with E-state index >= 15 is 0 Å². The third-order valence-corrected chi connectivity index (χ3v) is 4.89. The molecule has 5 nitrogen and oxygen atoms in total. The second-order valence-electron chi connectivity index (χ2n) is 6.71. The minimum absolute atomic E-state index is 0.00935. The van der Waals surface area contributed by atoms with Crippen molar-refractivity contribution in [2.75, 3.05) is 6.61 Å². The largest absolute Gasteiger partial charge is 0.483 e. The van der Waals surface area contributed by atoms with Crippen LogP contribution in [-0.4, -0.2) is 35.4 Å². The Morgan fingerprint density at radius 2 is 1.82 bits per heavy atom. The first-order valence-electron chi connectivity index (χ1n) is 8.99. The van der Waals surface area contributed by atoms with Gasteiger partial charge in [0.2, 0.25) is 5.91 Å². The zero-order valence-corrected chi connectivity index (χ0v) is 18.5. The lowest BCUT2D eigenvalue weighted by atomic mass is 10.1. The van der Waals surface area contributed by atoms with Crippen molar-refractivity contribution in [2.24, 2.45) is 0 Å². The van der Waals surface area contributed by atoms with E-state index in [1.165, 1.54) is 4.90 Å². The van der Waals surface area contributed by atoms with Gasteiger partial charge in [-0.3, -0.25) is 9.59 Å². The Morgan fingerprint density at radius 3 is 2.43 bits per heavy atom. The molecule has 28 heavy (non-hydrogen) atoms. The molecule has 0 radical (unpaired) electrons. The van der Waals surface area contributed by atoms with E-state index in [-0.39, 0.29) is 24.5 Å². The maximum absolute atomic E-state index is 12.9. The fourth-order valence-electron chi connectivity index (χ4n) is 2.58. The first-order valence-corrected chi connectivity index (χ1v) is 10.2. The highest BCUT2D eigenvalue weighted by atomic mass is 79.9. The second kappa shape index (κ2) is 10.5. The molecule has 2 rings (SSSR count). The van der Waals surface area contributed by atoms with Gasteiger partial charge >= 0.3 is 0 Å². The molecule has 1 unspecified atom stereocenters. The SMILES string of the molecule is CC(C)NC(=O)C(C)N(Cc1ccccc1)C(=O)COc1ccc(Cl)cc1Br. The van der Waals surface area contributed by atoms with Gasteiger partial charge in [-0.1, -0.05) is 41.9 Å². The second-order valence-corrected chi connectivity index (χ2v) is 8.00. The lowest BCUT2D eigenvalue weighted by Gasteiger charge is -2.29. The normalized spacial score (nSPS) is 11.8. The third kappa shape index (κ3) is 6.53. The fourth-order valence-corrected chi connectivity index (χ4v) is 3.38. The first kappa shape index (κ1) is 22.2. The quantitative estimate of drug-likeness (QED) is 0.625. The number of benzene rings is 2. The summed E-state index contributed by atoms with van der Waals surface area (Å²) >= 11 is 9.30. The summed E-state index contributed by atoms with van der Waals surface area (Å²) in [5.41, 5.74) is 0.938. The summed E-state index contributed by atoms with van der Waals surface area (Å²) in [6.45, 7) is 5.62. The van der Waals surface area contributed by atoms with Crippen LogP contribution in [0.15, 0.2) is 53.0 Å². The van der Waals surface area contributed by atoms with Crippen LogP contribution in [0.25, 0.3) is 0 Å². The molecule has 150 valence electrons. The number of ether oxygens (including phenoxy) is 1. The maximum atomic E-state index is 12.9. The van der Waals surface area contributed by atoms with E-state index in [1.54, 1.807) is 25.1 Å². The molecule has 0 saturated carbocycles. The molecular formula is C21H24BrClN2O3. The zero-order valence-electron chi connectivity index (χ0n) is 16.1. The number of hydrogen-bond acceptors (Lipinski definition) is 3. The lowest BCUT2D eigenvalue weighted by molar-refractivity contribution is -0.142. The molecule has 0 spiro atoms. The average Bonchev–Trinajstić information content (AvgIpc) is 2.65. The maximum Gasteiger partial charge on any atom is 0.261 e. The van der Waals surface area contributed by atoms with Crippen molar-refractivity contribution in [1.82, 2.24) is 10.2 Å². The van der Waals surface area contributed by atoms with Gasteiger partial charge in [0, 0.05) is 17.6 Å². The molecule has 0 aliphatic heterocycles. The number of carbonyl (C=O) groups is 2. The van der Waals surface area contributed by atoms with Crippen LogP contribution in [0, 0.1) is 0 Å². The van der Waals surface area contributed by atoms with Crippen molar-refractivity contribution in [3.63, 3.8) is 0 Å². The van der Waals surface area contributed by atoms with E-state index in [0.717, 1.165) is 5.56 Å². The summed E-state index contributed by atoms with van der Waals surface area (Å²) < 4.78 is 6.32. The summed E-state index contributed by atoms with van der Waals surface area (Å²) in [5, 5.41) is 3.42. The number of halogens is 2. The van der Waals surface area contributed by atoms with Crippen molar-refractivity contribution in [1.29, 1.82) is 0 Å². The molecule has 0 aliphatic rings. The smallest absolute Gasteiger partial charge is 0.261 e. The molecule has 0 fully saturated rings. The molecule has 0 heterocycles. The van der Waals surface area contributed by atoms with Gasteiger partial charge in [0.05, 0.1) is 4.47 Å². The summed E-state index contributed by atoms with van der Waals surface area (Å²) in [6.07, 6.45) is 0. The molecular weight excluding hydrogens is 444 g/mol. The molecule has 2 aromatic rings. The van der Waals surface area contributed by atoms with Crippen molar-refractivity contribution < 1.29 is 14.3 Å². The van der Waals surface area contributed by atoms with Gasteiger partial charge in [-0.05, 0) is 60.5 Å². The van der Waals surface area contributed by atoms with Gasteiger partial charge in [-0.25, -0.2) is 0 Å². The third-order valence-electron chi connectivity index (χ3n) is 4.04. The number of nitrogens with one attached hydrogen (secondary N) is 1. The van der Waals surface area contributed by atoms with Crippen LogP contribution in [0.5, 0.6) is 5.75 Å². The van der Waals surface area contributed by atoms with Crippen LogP contribution >= 0.6 is 27.5 Å². The molecule has 0 saturated heterocycles. The fraction of sp³-hybridized carbons (Fsp3) is 0.333. The van der Waals surface area contributed by atoms with Gasteiger partial charge in [0.15, 0.2) is 6.61 Å². The van der Waals surface area contributed by atoms with E-state index in [0.29, 0.717) is 21.8 Å². The van der Waals surface area contributed by atoms with Gasteiger partial charge in [-0.15, -0.1) is 0 Å². The predicted octanol–water partition coefficient (Wildman–Crippen LogP) is 4.42.